The summed E-state index contributed by atoms with van der Waals surface area (Å²) in [6.45, 7) is 5.91. The second-order valence-corrected chi connectivity index (χ2v) is 4.42. The fourth-order valence-corrected chi connectivity index (χ4v) is 2.37. The zero-order chi connectivity index (χ0) is 12.1. The third-order valence-corrected chi connectivity index (χ3v) is 3.13. The first-order chi connectivity index (χ1) is 8.35. The average molecular weight is 235 g/mol. The van der Waals surface area contributed by atoms with E-state index in [-0.39, 0.29) is 0 Å². The van der Waals surface area contributed by atoms with Crippen LogP contribution >= 0.6 is 0 Å². The van der Waals surface area contributed by atoms with E-state index in [9.17, 15) is 0 Å². The van der Waals surface area contributed by atoms with Crippen LogP contribution in [0.2, 0.25) is 0 Å². The van der Waals surface area contributed by atoms with Crippen LogP contribution in [0.4, 0.5) is 5.82 Å². The van der Waals surface area contributed by atoms with Crippen LogP contribution in [0.5, 0.6) is 5.75 Å². The highest BCUT2D eigenvalue weighted by Gasteiger charge is 2.24. The quantitative estimate of drug-likeness (QED) is 0.840. The van der Waals surface area contributed by atoms with Crippen molar-refractivity contribution in [3.63, 3.8) is 0 Å². The third kappa shape index (κ3) is 2.88. The van der Waals surface area contributed by atoms with Gasteiger partial charge in [0.05, 0.1) is 6.61 Å². The molecule has 1 unspecified atom stereocenters. The molecule has 4 heteroatoms. The summed E-state index contributed by atoms with van der Waals surface area (Å²) < 4.78 is 5.62. The fraction of sp³-hybridized carbons (Fsp3) is 0.615. The number of rotatable bonds is 5. The Hall–Kier alpha value is -1.29. The summed E-state index contributed by atoms with van der Waals surface area (Å²) in [5.41, 5.74) is 0. The van der Waals surface area contributed by atoms with Gasteiger partial charge in [0.25, 0.3) is 0 Å². The monoisotopic (exact) mass is 235 g/mol. The molecule has 0 aliphatic carbocycles. The van der Waals surface area contributed by atoms with Crippen LogP contribution < -0.4 is 15.0 Å². The van der Waals surface area contributed by atoms with E-state index in [0.717, 1.165) is 37.1 Å². The molecule has 1 N–H and O–H groups in total. The van der Waals surface area contributed by atoms with Gasteiger partial charge in [-0.2, -0.15) is 0 Å². The highest BCUT2D eigenvalue weighted by atomic mass is 16.5. The van der Waals surface area contributed by atoms with Crippen molar-refractivity contribution in [3.8, 4) is 5.75 Å². The maximum Gasteiger partial charge on any atom is 0.171 e. The maximum atomic E-state index is 5.62. The molecule has 0 aromatic carbocycles. The largest absolute Gasteiger partial charge is 0.490 e. The normalized spacial score (nSPS) is 19.6. The topological polar surface area (TPSA) is 37.4 Å². The van der Waals surface area contributed by atoms with Gasteiger partial charge in [0.1, 0.15) is 0 Å². The molecule has 1 atom stereocenters. The molecular weight excluding hydrogens is 214 g/mol. The fourth-order valence-electron chi connectivity index (χ4n) is 2.37. The van der Waals surface area contributed by atoms with Crippen LogP contribution in [0.3, 0.4) is 0 Å². The molecule has 0 amide bonds. The van der Waals surface area contributed by atoms with Gasteiger partial charge in [0, 0.05) is 19.3 Å². The molecule has 17 heavy (non-hydrogen) atoms. The Labute approximate surface area is 103 Å². The predicted octanol–water partition coefficient (Wildman–Crippen LogP) is 1.53. The molecule has 1 aromatic heterocycles. The van der Waals surface area contributed by atoms with Crippen molar-refractivity contribution in [2.45, 2.75) is 13.3 Å². The second-order valence-electron chi connectivity index (χ2n) is 4.42. The summed E-state index contributed by atoms with van der Waals surface area (Å²) in [5, 5.41) is 3.24. The Balaban J connectivity index is 2.07. The number of hydrogen-bond donors (Lipinski definition) is 1. The van der Waals surface area contributed by atoms with Crippen LogP contribution in [0.25, 0.3) is 0 Å². The van der Waals surface area contributed by atoms with Crippen molar-refractivity contribution >= 4 is 5.82 Å². The third-order valence-electron chi connectivity index (χ3n) is 3.13. The van der Waals surface area contributed by atoms with Crippen LogP contribution in [-0.4, -0.2) is 38.3 Å². The highest BCUT2D eigenvalue weighted by molar-refractivity contribution is 5.52. The Morgan fingerprint density at radius 3 is 3.24 bits per heavy atom. The molecule has 4 nitrogen and oxygen atoms in total. The van der Waals surface area contributed by atoms with E-state index in [2.05, 4.69) is 15.2 Å². The molecule has 2 heterocycles. The molecule has 2 rings (SSSR count). The lowest BCUT2D eigenvalue weighted by atomic mass is 10.1. The summed E-state index contributed by atoms with van der Waals surface area (Å²) in [7, 11) is 2.01. The van der Waals surface area contributed by atoms with Crippen LogP contribution in [0.15, 0.2) is 18.3 Å². The molecule has 0 radical (unpaired) electrons. The zero-order valence-corrected chi connectivity index (χ0v) is 10.6. The molecule has 0 saturated carbocycles. The second kappa shape index (κ2) is 5.87. The van der Waals surface area contributed by atoms with E-state index in [1.165, 1.54) is 6.42 Å². The van der Waals surface area contributed by atoms with Crippen molar-refractivity contribution in [2.75, 3.05) is 38.2 Å². The Morgan fingerprint density at radius 1 is 1.59 bits per heavy atom. The van der Waals surface area contributed by atoms with E-state index < -0.39 is 0 Å². The molecule has 0 spiro atoms. The van der Waals surface area contributed by atoms with Gasteiger partial charge in [0.2, 0.25) is 0 Å². The minimum absolute atomic E-state index is 0.687. The first kappa shape index (κ1) is 12.2. The van der Waals surface area contributed by atoms with Gasteiger partial charge in [0.15, 0.2) is 11.6 Å². The van der Waals surface area contributed by atoms with E-state index >= 15 is 0 Å². The summed E-state index contributed by atoms with van der Waals surface area (Å²) >= 11 is 0. The van der Waals surface area contributed by atoms with Crippen molar-refractivity contribution in [1.82, 2.24) is 10.3 Å². The van der Waals surface area contributed by atoms with Gasteiger partial charge < -0.3 is 15.0 Å². The van der Waals surface area contributed by atoms with Gasteiger partial charge in [-0.25, -0.2) is 4.98 Å². The highest BCUT2D eigenvalue weighted by Crippen LogP contribution is 2.29. The Kier molecular flexibility index (Phi) is 4.20. The van der Waals surface area contributed by atoms with Crippen molar-refractivity contribution < 1.29 is 4.74 Å². The van der Waals surface area contributed by atoms with Crippen LogP contribution in [0.1, 0.15) is 13.3 Å². The van der Waals surface area contributed by atoms with Crippen LogP contribution in [-0.2, 0) is 0 Å². The standard InChI is InChI=1S/C13H21N3O/c1-3-17-12-5-4-7-15-13(12)16-8-6-11(10-16)9-14-2/h4-5,7,11,14H,3,6,8-10H2,1-2H3. The van der Waals surface area contributed by atoms with E-state index in [0.29, 0.717) is 6.61 Å². The lowest BCUT2D eigenvalue weighted by Crippen LogP contribution is -2.25. The molecule has 1 saturated heterocycles. The molecule has 1 aliphatic rings. The minimum atomic E-state index is 0.687. The van der Waals surface area contributed by atoms with Gasteiger partial charge in [-0.3, -0.25) is 0 Å². The van der Waals surface area contributed by atoms with Gasteiger partial charge in [-0.1, -0.05) is 0 Å². The van der Waals surface area contributed by atoms with Crippen molar-refractivity contribution in [3.05, 3.63) is 18.3 Å². The number of ether oxygens (including phenoxy) is 1. The number of pyridine rings is 1. The zero-order valence-electron chi connectivity index (χ0n) is 10.6. The van der Waals surface area contributed by atoms with E-state index in [4.69, 9.17) is 4.74 Å². The number of nitrogens with one attached hydrogen (secondary N) is 1. The van der Waals surface area contributed by atoms with E-state index in [1.807, 2.05) is 32.3 Å². The Bertz CT molecular complexity index is 356. The van der Waals surface area contributed by atoms with Crippen molar-refractivity contribution in [1.29, 1.82) is 0 Å². The molecule has 1 fully saturated rings. The first-order valence-corrected chi connectivity index (χ1v) is 6.32. The lowest BCUT2D eigenvalue weighted by Gasteiger charge is -2.20. The van der Waals surface area contributed by atoms with Gasteiger partial charge >= 0.3 is 0 Å². The summed E-state index contributed by atoms with van der Waals surface area (Å²) in [5.74, 6) is 2.62. The SMILES string of the molecule is CCOc1cccnc1N1CCC(CNC)C1. The number of hydrogen-bond acceptors (Lipinski definition) is 4. The summed E-state index contributed by atoms with van der Waals surface area (Å²) in [6, 6.07) is 3.92. The average Bonchev–Trinajstić information content (AvgIpc) is 2.79. The van der Waals surface area contributed by atoms with Gasteiger partial charge in [-0.15, -0.1) is 0 Å². The smallest absolute Gasteiger partial charge is 0.171 e. The van der Waals surface area contributed by atoms with Crippen molar-refractivity contribution in [2.24, 2.45) is 5.92 Å². The first-order valence-electron chi connectivity index (χ1n) is 6.32. The Morgan fingerprint density at radius 2 is 2.47 bits per heavy atom. The van der Waals surface area contributed by atoms with Gasteiger partial charge in [-0.05, 0) is 45.0 Å². The number of aromatic nitrogens is 1. The minimum Gasteiger partial charge on any atom is -0.490 e. The van der Waals surface area contributed by atoms with E-state index in [1.54, 1.807) is 0 Å². The maximum absolute atomic E-state index is 5.62. The number of anilines is 1. The summed E-state index contributed by atoms with van der Waals surface area (Å²) in [4.78, 5) is 6.78. The van der Waals surface area contributed by atoms with Crippen LogP contribution in [0, 0.1) is 5.92 Å². The molecule has 1 aromatic rings. The molecule has 0 bridgehead atoms. The summed E-state index contributed by atoms with van der Waals surface area (Å²) in [6.07, 6.45) is 3.06. The lowest BCUT2D eigenvalue weighted by molar-refractivity contribution is 0.339. The molecular formula is C13H21N3O. The molecule has 1 aliphatic heterocycles. The predicted molar refractivity (Wildman–Crippen MR) is 69.7 cm³/mol. The number of nitrogens with zero attached hydrogens (tertiary/aromatic N) is 2. The molecule has 94 valence electrons.